The molecule has 0 bridgehead atoms. The fourth-order valence-corrected chi connectivity index (χ4v) is 1.15. The summed E-state index contributed by atoms with van der Waals surface area (Å²) in [6.07, 6.45) is 0. The van der Waals surface area contributed by atoms with Crippen LogP contribution in [0.25, 0.3) is 0 Å². The molecule has 1 rings (SSSR count). The number of benzene rings is 1. The zero-order valence-electron chi connectivity index (χ0n) is 7.36. The number of anilines is 5. The Balaban J connectivity index is 3.60. The average molecular weight is 197 g/mol. The smallest absolute Gasteiger partial charge is 0.423 e. The lowest BCUT2D eigenvalue weighted by atomic mass is 9.76. The molecular formula is C6H12BN5O2. The molecule has 1 aromatic carbocycles. The first-order valence-electron chi connectivity index (χ1n) is 3.75. The van der Waals surface area contributed by atoms with Crippen LogP contribution in [0.4, 0.5) is 28.4 Å². The first-order chi connectivity index (χ1) is 6.37. The van der Waals surface area contributed by atoms with Gasteiger partial charge in [-0.2, -0.15) is 0 Å². The number of hydrogen-bond donors (Lipinski definition) is 7. The summed E-state index contributed by atoms with van der Waals surface area (Å²) in [5.74, 6) is 0. The molecule has 0 aliphatic carbocycles. The van der Waals surface area contributed by atoms with Crippen LogP contribution < -0.4 is 34.1 Å². The molecule has 0 saturated carbocycles. The Bertz CT molecular complexity index is 352. The van der Waals surface area contributed by atoms with Gasteiger partial charge in [-0.25, -0.2) is 0 Å². The van der Waals surface area contributed by atoms with Crippen molar-refractivity contribution >= 4 is 41.0 Å². The van der Waals surface area contributed by atoms with E-state index in [4.69, 9.17) is 38.7 Å². The molecule has 0 aliphatic rings. The highest BCUT2D eigenvalue weighted by Gasteiger charge is 2.24. The summed E-state index contributed by atoms with van der Waals surface area (Å²) in [6, 6.07) is 0. The molecule has 12 N–H and O–H groups in total. The van der Waals surface area contributed by atoms with Crippen LogP contribution in [0, 0.1) is 0 Å². The van der Waals surface area contributed by atoms with E-state index in [9.17, 15) is 0 Å². The molecule has 0 atom stereocenters. The maximum atomic E-state index is 8.97. The van der Waals surface area contributed by atoms with E-state index in [-0.39, 0.29) is 33.9 Å². The largest absolute Gasteiger partial charge is 0.492 e. The van der Waals surface area contributed by atoms with Crippen molar-refractivity contribution in [3.63, 3.8) is 0 Å². The van der Waals surface area contributed by atoms with Crippen molar-refractivity contribution < 1.29 is 10.0 Å². The highest BCUT2D eigenvalue weighted by atomic mass is 16.4. The van der Waals surface area contributed by atoms with Gasteiger partial charge in [0, 0.05) is 5.46 Å². The van der Waals surface area contributed by atoms with Gasteiger partial charge < -0.3 is 38.7 Å². The zero-order valence-corrected chi connectivity index (χ0v) is 7.36. The Morgan fingerprint density at radius 1 is 0.643 bits per heavy atom. The summed E-state index contributed by atoms with van der Waals surface area (Å²) in [4.78, 5) is 0. The third-order valence-electron chi connectivity index (χ3n) is 2.00. The van der Waals surface area contributed by atoms with Gasteiger partial charge in [0.1, 0.15) is 0 Å². The molecule has 14 heavy (non-hydrogen) atoms. The normalized spacial score (nSPS) is 10.1. The maximum Gasteiger partial charge on any atom is 0.492 e. The van der Waals surface area contributed by atoms with E-state index in [1.165, 1.54) is 0 Å². The first kappa shape index (κ1) is 10.3. The van der Waals surface area contributed by atoms with E-state index in [1.807, 2.05) is 0 Å². The van der Waals surface area contributed by atoms with Crippen molar-refractivity contribution in [1.82, 2.24) is 0 Å². The monoisotopic (exact) mass is 197 g/mol. The van der Waals surface area contributed by atoms with Crippen LogP contribution >= 0.6 is 0 Å². The second kappa shape index (κ2) is 3.16. The highest BCUT2D eigenvalue weighted by Crippen LogP contribution is 2.31. The number of hydrogen-bond acceptors (Lipinski definition) is 7. The Morgan fingerprint density at radius 2 is 0.929 bits per heavy atom. The van der Waals surface area contributed by atoms with E-state index in [0.29, 0.717) is 0 Å². The fourth-order valence-electron chi connectivity index (χ4n) is 1.15. The third kappa shape index (κ3) is 1.26. The second-order valence-corrected chi connectivity index (χ2v) is 2.86. The van der Waals surface area contributed by atoms with Gasteiger partial charge in [0.15, 0.2) is 0 Å². The molecule has 0 fully saturated rings. The molecule has 0 amide bonds. The molecule has 1 aromatic rings. The van der Waals surface area contributed by atoms with Crippen LogP contribution in [0.2, 0.25) is 0 Å². The van der Waals surface area contributed by atoms with Crippen LogP contribution in [0.3, 0.4) is 0 Å². The first-order valence-corrected chi connectivity index (χ1v) is 3.75. The summed E-state index contributed by atoms with van der Waals surface area (Å²) < 4.78 is 0. The predicted molar refractivity (Wildman–Crippen MR) is 58.3 cm³/mol. The molecule has 0 spiro atoms. The minimum Gasteiger partial charge on any atom is -0.423 e. The molecule has 0 aromatic heterocycles. The van der Waals surface area contributed by atoms with E-state index >= 15 is 0 Å². The summed E-state index contributed by atoms with van der Waals surface area (Å²) in [5, 5.41) is 17.9. The second-order valence-electron chi connectivity index (χ2n) is 2.86. The molecule has 76 valence electrons. The van der Waals surface area contributed by atoms with E-state index in [1.54, 1.807) is 0 Å². The van der Waals surface area contributed by atoms with E-state index in [0.717, 1.165) is 0 Å². The van der Waals surface area contributed by atoms with Crippen LogP contribution in [-0.4, -0.2) is 17.2 Å². The van der Waals surface area contributed by atoms with Crippen LogP contribution in [0.15, 0.2) is 0 Å². The minimum absolute atomic E-state index is 0.000185. The van der Waals surface area contributed by atoms with Crippen molar-refractivity contribution in [3.05, 3.63) is 0 Å². The highest BCUT2D eigenvalue weighted by molar-refractivity contribution is 6.63. The van der Waals surface area contributed by atoms with Crippen LogP contribution in [0.1, 0.15) is 0 Å². The molecule has 8 heteroatoms. The molecule has 0 aliphatic heterocycles. The SMILES string of the molecule is Nc1c(N)c(N)c(B(O)O)c(N)c1N. The van der Waals surface area contributed by atoms with Crippen molar-refractivity contribution in [1.29, 1.82) is 0 Å². The Labute approximate surface area is 80.6 Å². The lowest BCUT2D eigenvalue weighted by Gasteiger charge is -2.15. The van der Waals surface area contributed by atoms with E-state index in [2.05, 4.69) is 0 Å². The lowest BCUT2D eigenvalue weighted by molar-refractivity contribution is 0.426. The van der Waals surface area contributed by atoms with Gasteiger partial charge >= 0.3 is 7.12 Å². The van der Waals surface area contributed by atoms with Gasteiger partial charge in [-0.3, -0.25) is 0 Å². The number of nitrogens with two attached hydrogens (primary N) is 5. The fraction of sp³-hybridized carbons (Fsp3) is 0. The van der Waals surface area contributed by atoms with Gasteiger partial charge in [0.25, 0.3) is 0 Å². The topological polar surface area (TPSA) is 171 Å². The van der Waals surface area contributed by atoms with Crippen molar-refractivity contribution in [2.24, 2.45) is 0 Å². The standard InChI is InChI=1S/C6H12BN5O2/c8-2-1(7(13)14)3(9)5(11)6(12)4(2)10/h13-14H,8-12H2. The Kier molecular flexibility index (Phi) is 2.32. The van der Waals surface area contributed by atoms with Gasteiger partial charge in [-0.1, -0.05) is 0 Å². The van der Waals surface area contributed by atoms with Crippen LogP contribution in [0.5, 0.6) is 0 Å². The summed E-state index contributed by atoms with van der Waals surface area (Å²) in [7, 11) is -1.83. The molecule has 0 radical (unpaired) electrons. The summed E-state index contributed by atoms with van der Waals surface area (Å²) in [6.45, 7) is 0. The van der Waals surface area contributed by atoms with Crippen LogP contribution in [-0.2, 0) is 0 Å². The molecule has 0 saturated heterocycles. The van der Waals surface area contributed by atoms with Gasteiger partial charge in [-0.05, 0) is 0 Å². The Morgan fingerprint density at radius 3 is 1.21 bits per heavy atom. The summed E-state index contributed by atoms with van der Waals surface area (Å²) in [5.41, 5.74) is 27.2. The number of nitrogen functional groups attached to an aromatic ring is 5. The van der Waals surface area contributed by atoms with Crippen molar-refractivity contribution in [2.45, 2.75) is 0 Å². The maximum absolute atomic E-state index is 8.97. The molecule has 7 nitrogen and oxygen atoms in total. The van der Waals surface area contributed by atoms with Gasteiger partial charge in [0.2, 0.25) is 0 Å². The molecular weight excluding hydrogens is 185 g/mol. The van der Waals surface area contributed by atoms with Crippen molar-refractivity contribution in [3.8, 4) is 0 Å². The number of rotatable bonds is 1. The summed E-state index contributed by atoms with van der Waals surface area (Å²) >= 11 is 0. The average Bonchev–Trinajstić information content (AvgIpc) is 2.11. The minimum atomic E-state index is -1.83. The molecule has 0 unspecified atom stereocenters. The predicted octanol–water partition coefficient (Wildman–Crippen LogP) is -2.72. The lowest BCUT2D eigenvalue weighted by Crippen LogP contribution is -2.36. The zero-order chi connectivity index (χ0) is 11.0. The van der Waals surface area contributed by atoms with Crippen molar-refractivity contribution in [2.75, 3.05) is 28.7 Å². The Hall–Kier alpha value is -1.80. The van der Waals surface area contributed by atoms with E-state index < -0.39 is 7.12 Å². The quantitative estimate of drug-likeness (QED) is 0.189. The molecule has 0 heterocycles. The third-order valence-corrected chi connectivity index (χ3v) is 2.00. The van der Waals surface area contributed by atoms with Gasteiger partial charge in [0.05, 0.1) is 28.4 Å². The van der Waals surface area contributed by atoms with Gasteiger partial charge in [-0.15, -0.1) is 0 Å².